The van der Waals surface area contributed by atoms with Crippen LogP contribution in [-0.2, 0) is 30.0 Å². The number of methoxy groups -OCH3 is 1. The number of hydrogen-bond acceptors (Lipinski definition) is 4. The minimum absolute atomic E-state index is 0.0942. The molecule has 0 aromatic carbocycles. The van der Waals surface area contributed by atoms with Crippen molar-refractivity contribution in [3.05, 3.63) is 16.3 Å². The number of nitrogens with zero attached hydrogens (tertiary/aromatic N) is 3. The second-order valence-electron chi connectivity index (χ2n) is 7.27. The molecule has 0 saturated heterocycles. The molecule has 24 heavy (non-hydrogen) atoms. The van der Waals surface area contributed by atoms with Gasteiger partial charge in [-0.25, -0.2) is 9.48 Å². The highest BCUT2D eigenvalue weighted by molar-refractivity contribution is 5.80. The third kappa shape index (κ3) is 3.41. The minimum atomic E-state index is -0.0959. The molecule has 3 rings (SSSR count). The van der Waals surface area contributed by atoms with Crippen molar-refractivity contribution in [1.82, 2.24) is 19.7 Å². The third-order valence-corrected chi connectivity index (χ3v) is 5.70. The lowest BCUT2D eigenvalue weighted by Gasteiger charge is -2.37. The highest BCUT2D eigenvalue weighted by Gasteiger charge is 2.37. The Morgan fingerprint density at radius 3 is 2.62 bits per heavy atom. The van der Waals surface area contributed by atoms with Crippen LogP contribution in [0.25, 0.3) is 0 Å². The van der Waals surface area contributed by atoms with Gasteiger partial charge in [-0.3, -0.25) is 9.36 Å². The molecular formula is C17H28N4O3. The number of amides is 1. The lowest BCUT2D eigenvalue weighted by molar-refractivity contribution is -0.133. The van der Waals surface area contributed by atoms with E-state index < -0.39 is 0 Å². The van der Waals surface area contributed by atoms with Crippen molar-refractivity contribution in [3.63, 3.8) is 0 Å². The average Bonchev–Trinajstić information content (AvgIpc) is 2.75. The molecule has 1 amide bonds. The molecular weight excluding hydrogens is 308 g/mol. The average molecular weight is 336 g/mol. The van der Waals surface area contributed by atoms with Gasteiger partial charge in [0.2, 0.25) is 5.91 Å². The van der Waals surface area contributed by atoms with Gasteiger partial charge in [-0.15, -0.1) is 0 Å². The summed E-state index contributed by atoms with van der Waals surface area (Å²) in [5.41, 5.74) is -0.0959. The molecule has 1 heterocycles. The van der Waals surface area contributed by atoms with Crippen molar-refractivity contribution >= 4 is 5.91 Å². The van der Waals surface area contributed by atoms with E-state index in [0.29, 0.717) is 5.92 Å². The van der Waals surface area contributed by atoms with E-state index in [2.05, 4.69) is 10.4 Å². The fourth-order valence-corrected chi connectivity index (χ4v) is 3.94. The normalized spacial score (nSPS) is 30.0. The molecule has 7 nitrogen and oxygen atoms in total. The second kappa shape index (κ2) is 7.09. The van der Waals surface area contributed by atoms with Crippen molar-refractivity contribution in [3.8, 4) is 0 Å². The number of ether oxygens (including phenoxy) is 1. The molecule has 7 heteroatoms. The van der Waals surface area contributed by atoms with Gasteiger partial charge in [0.05, 0.1) is 6.10 Å². The van der Waals surface area contributed by atoms with Gasteiger partial charge in [0.1, 0.15) is 5.82 Å². The first-order chi connectivity index (χ1) is 11.5. The zero-order valence-corrected chi connectivity index (χ0v) is 14.8. The van der Waals surface area contributed by atoms with E-state index in [-0.39, 0.29) is 29.7 Å². The van der Waals surface area contributed by atoms with Gasteiger partial charge in [0.25, 0.3) is 0 Å². The van der Waals surface area contributed by atoms with Crippen LogP contribution >= 0.6 is 0 Å². The maximum absolute atomic E-state index is 12.4. The first-order valence-corrected chi connectivity index (χ1v) is 8.91. The van der Waals surface area contributed by atoms with Crippen LogP contribution in [0.4, 0.5) is 0 Å². The van der Waals surface area contributed by atoms with E-state index in [1.54, 1.807) is 25.8 Å². The Balaban J connectivity index is 1.62. The predicted molar refractivity (Wildman–Crippen MR) is 89.6 cm³/mol. The topological polar surface area (TPSA) is 78.2 Å². The van der Waals surface area contributed by atoms with Gasteiger partial charge in [0.15, 0.2) is 0 Å². The summed E-state index contributed by atoms with van der Waals surface area (Å²) in [6.07, 6.45) is 7.04. The van der Waals surface area contributed by atoms with Crippen LogP contribution in [0.2, 0.25) is 0 Å². The van der Waals surface area contributed by atoms with Gasteiger partial charge in [-0.1, -0.05) is 12.8 Å². The molecule has 2 aliphatic carbocycles. The molecule has 2 atom stereocenters. The van der Waals surface area contributed by atoms with Crippen LogP contribution in [0.15, 0.2) is 4.79 Å². The molecule has 1 aromatic heterocycles. The number of aromatic nitrogens is 3. The van der Waals surface area contributed by atoms with Crippen molar-refractivity contribution in [2.24, 2.45) is 25.9 Å². The van der Waals surface area contributed by atoms with Gasteiger partial charge < -0.3 is 10.1 Å². The van der Waals surface area contributed by atoms with E-state index in [1.165, 1.54) is 11.1 Å². The van der Waals surface area contributed by atoms with Crippen LogP contribution in [0.5, 0.6) is 0 Å². The summed E-state index contributed by atoms with van der Waals surface area (Å²) >= 11 is 0. The Morgan fingerprint density at radius 2 is 2.00 bits per heavy atom. The van der Waals surface area contributed by atoms with Gasteiger partial charge in [0, 0.05) is 39.6 Å². The Kier molecular flexibility index (Phi) is 5.08. The Hall–Kier alpha value is -1.63. The molecule has 2 fully saturated rings. The summed E-state index contributed by atoms with van der Waals surface area (Å²) in [7, 11) is 5.14. The van der Waals surface area contributed by atoms with E-state index in [1.807, 2.05) is 0 Å². The smallest absolute Gasteiger partial charge is 0.345 e. The number of rotatable bonds is 5. The fourth-order valence-electron chi connectivity index (χ4n) is 3.94. The highest BCUT2D eigenvalue weighted by Crippen LogP contribution is 2.32. The molecule has 1 N–H and O–H groups in total. The zero-order valence-electron chi connectivity index (χ0n) is 14.8. The number of hydrogen-bond donors (Lipinski definition) is 1. The highest BCUT2D eigenvalue weighted by atomic mass is 16.5. The summed E-state index contributed by atoms with van der Waals surface area (Å²) < 4.78 is 8.25. The van der Waals surface area contributed by atoms with Crippen molar-refractivity contribution in [2.45, 2.75) is 57.1 Å². The molecule has 1 aromatic rings. The van der Waals surface area contributed by atoms with Gasteiger partial charge in [-0.05, 0) is 31.6 Å². The summed E-state index contributed by atoms with van der Waals surface area (Å²) in [4.78, 5) is 24.3. The molecule has 0 bridgehead atoms. The fraction of sp³-hybridized carbons (Fsp3) is 0.824. The lowest BCUT2D eigenvalue weighted by atomic mass is 9.79. The second-order valence-corrected chi connectivity index (χ2v) is 7.27. The van der Waals surface area contributed by atoms with E-state index in [0.717, 1.165) is 44.3 Å². The van der Waals surface area contributed by atoms with Crippen LogP contribution < -0.4 is 11.0 Å². The molecule has 0 radical (unpaired) electrons. The monoisotopic (exact) mass is 336 g/mol. The van der Waals surface area contributed by atoms with Crippen LogP contribution in [0.3, 0.4) is 0 Å². The standard InChI is InChI=1S/C17H28N4O3/c1-20-15(19-21(2)17(20)23)10-11-6-4-5-7-14(11)18-16(22)12-8-13(9-12)24-3/h11-14H,4-10H2,1-3H3,(H,18,22)/t11-,12?,13?,14-/m1/s1. The Morgan fingerprint density at radius 1 is 1.29 bits per heavy atom. The quantitative estimate of drug-likeness (QED) is 0.861. The van der Waals surface area contributed by atoms with Crippen LogP contribution in [-0.4, -0.2) is 39.5 Å². The zero-order chi connectivity index (χ0) is 17.3. The number of carbonyl (C=O) groups excluding carboxylic acids is 1. The number of nitrogens with one attached hydrogen (secondary N) is 1. The maximum Gasteiger partial charge on any atom is 0.345 e. The first kappa shape index (κ1) is 17.2. The third-order valence-electron chi connectivity index (χ3n) is 5.70. The minimum Gasteiger partial charge on any atom is -0.381 e. The molecule has 0 aliphatic heterocycles. The van der Waals surface area contributed by atoms with Gasteiger partial charge in [-0.2, -0.15) is 5.10 Å². The van der Waals surface area contributed by atoms with Crippen molar-refractivity contribution in [1.29, 1.82) is 0 Å². The first-order valence-electron chi connectivity index (χ1n) is 8.91. The van der Waals surface area contributed by atoms with Crippen molar-refractivity contribution in [2.75, 3.05) is 7.11 Å². The van der Waals surface area contributed by atoms with E-state index >= 15 is 0 Å². The van der Waals surface area contributed by atoms with Gasteiger partial charge >= 0.3 is 5.69 Å². The number of aryl methyl sites for hydroxylation is 1. The predicted octanol–water partition coefficient (Wildman–Crippen LogP) is 0.761. The summed E-state index contributed by atoms with van der Waals surface area (Å²) in [6.45, 7) is 0. The summed E-state index contributed by atoms with van der Waals surface area (Å²) in [5, 5.41) is 7.60. The van der Waals surface area contributed by atoms with Crippen molar-refractivity contribution < 1.29 is 9.53 Å². The summed E-state index contributed by atoms with van der Waals surface area (Å²) in [5.74, 6) is 1.41. The van der Waals surface area contributed by atoms with Crippen LogP contribution in [0, 0.1) is 11.8 Å². The number of carbonyl (C=O) groups is 1. The molecule has 134 valence electrons. The maximum atomic E-state index is 12.4. The Labute approximate surface area is 142 Å². The SMILES string of the molecule is COC1CC(C(=O)N[C@@H]2CCCC[C@@H]2Cc2nn(C)c(=O)n2C)C1. The molecule has 0 unspecified atom stereocenters. The van der Waals surface area contributed by atoms with E-state index in [4.69, 9.17) is 4.74 Å². The summed E-state index contributed by atoms with van der Waals surface area (Å²) in [6, 6.07) is 0.185. The molecule has 2 aliphatic rings. The Bertz CT molecular complexity index is 645. The molecule has 2 saturated carbocycles. The van der Waals surface area contributed by atoms with Crippen LogP contribution in [0.1, 0.15) is 44.3 Å². The molecule has 0 spiro atoms. The largest absolute Gasteiger partial charge is 0.381 e. The lowest BCUT2D eigenvalue weighted by Crippen LogP contribution is -2.49. The van der Waals surface area contributed by atoms with E-state index in [9.17, 15) is 9.59 Å².